The Balaban J connectivity index is 2.03. The van der Waals surface area contributed by atoms with Crippen molar-refractivity contribution >= 4 is 11.7 Å². The van der Waals surface area contributed by atoms with E-state index >= 15 is 0 Å². The summed E-state index contributed by atoms with van der Waals surface area (Å²) in [7, 11) is 0. The molecule has 0 aliphatic rings. The number of nitrogens with zero attached hydrogens (tertiary/aromatic N) is 1. The summed E-state index contributed by atoms with van der Waals surface area (Å²) in [5.41, 5.74) is 4.55. The molecule has 3 aromatic carbocycles. The van der Waals surface area contributed by atoms with Gasteiger partial charge in [-0.2, -0.15) is 0 Å². The van der Waals surface area contributed by atoms with E-state index < -0.39 is 11.6 Å². The van der Waals surface area contributed by atoms with Crippen LogP contribution in [0.3, 0.4) is 0 Å². The lowest BCUT2D eigenvalue weighted by atomic mass is 9.86. The molecule has 1 atom stereocenters. The molecule has 3 rings (SSSR count). The third kappa shape index (κ3) is 7.15. The number of hydrogen-bond acceptors (Lipinski definition) is 3. The van der Waals surface area contributed by atoms with E-state index in [-0.39, 0.29) is 11.4 Å². The summed E-state index contributed by atoms with van der Waals surface area (Å²) in [5, 5.41) is 0. The highest BCUT2D eigenvalue weighted by molar-refractivity contribution is 6.13. The number of ether oxygens (including phenoxy) is 1. The minimum absolute atomic E-state index is 0.0784. The van der Waals surface area contributed by atoms with Crippen molar-refractivity contribution in [1.29, 1.82) is 0 Å². The first-order chi connectivity index (χ1) is 15.5. The first-order valence-electron chi connectivity index (χ1n) is 11.5. The van der Waals surface area contributed by atoms with Crippen molar-refractivity contribution in [3.63, 3.8) is 0 Å². The van der Waals surface area contributed by atoms with E-state index in [4.69, 9.17) is 9.73 Å². The molecule has 0 fully saturated rings. The zero-order valence-corrected chi connectivity index (χ0v) is 20.6. The number of carbonyl (C=O) groups is 1. The molecule has 33 heavy (non-hydrogen) atoms. The largest absolute Gasteiger partial charge is 0.458 e. The van der Waals surface area contributed by atoms with Crippen LogP contribution in [-0.2, 0) is 21.4 Å². The molecule has 0 N–H and O–H groups in total. The van der Waals surface area contributed by atoms with Gasteiger partial charge in [-0.1, -0.05) is 106 Å². The fourth-order valence-electron chi connectivity index (χ4n) is 3.58. The van der Waals surface area contributed by atoms with Crippen molar-refractivity contribution in [2.45, 2.75) is 65.0 Å². The van der Waals surface area contributed by atoms with Crippen LogP contribution in [0.15, 0.2) is 89.9 Å². The Kier molecular flexibility index (Phi) is 7.53. The van der Waals surface area contributed by atoms with Crippen LogP contribution in [0, 0.1) is 0 Å². The van der Waals surface area contributed by atoms with Gasteiger partial charge in [0.1, 0.15) is 5.60 Å². The minimum Gasteiger partial charge on any atom is -0.458 e. The van der Waals surface area contributed by atoms with Gasteiger partial charge >= 0.3 is 5.97 Å². The normalized spacial score (nSPS) is 12.7. The van der Waals surface area contributed by atoms with Gasteiger partial charge < -0.3 is 4.74 Å². The predicted molar refractivity (Wildman–Crippen MR) is 137 cm³/mol. The topological polar surface area (TPSA) is 38.7 Å². The molecule has 0 aliphatic heterocycles. The predicted octanol–water partition coefficient (Wildman–Crippen LogP) is 6.77. The van der Waals surface area contributed by atoms with Crippen LogP contribution in [0.2, 0.25) is 0 Å². The molecule has 0 heterocycles. The minimum atomic E-state index is -0.653. The summed E-state index contributed by atoms with van der Waals surface area (Å²) < 4.78 is 5.78. The molecule has 3 nitrogen and oxygen atoms in total. The van der Waals surface area contributed by atoms with E-state index in [1.807, 2.05) is 81.4 Å². The molecule has 1 unspecified atom stereocenters. The quantitative estimate of drug-likeness (QED) is 0.313. The Bertz CT molecular complexity index is 1030. The van der Waals surface area contributed by atoms with Gasteiger partial charge in [-0.25, -0.2) is 4.79 Å². The maximum absolute atomic E-state index is 13.3. The van der Waals surface area contributed by atoms with E-state index in [9.17, 15) is 4.79 Å². The molecule has 0 aliphatic carbocycles. The van der Waals surface area contributed by atoms with Crippen molar-refractivity contribution in [1.82, 2.24) is 0 Å². The first kappa shape index (κ1) is 24.4. The third-order valence-electron chi connectivity index (χ3n) is 5.31. The highest BCUT2D eigenvalue weighted by Crippen LogP contribution is 2.23. The Morgan fingerprint density at radius 3 is 1.67 bits per heavy atom. The van der Waals surface area contributed by atoms with Crippen molar-refractivity contribution in [2.24, 2.45) is 4.99 Å². The number of aliphatic imine (C=N–C) groups is 1. The van der Waals surface area contributed by atoms with Crippen molar-refractivity contribution < 1.29 is 9.53 Å². The van der Waals surface area contributed by atoms with E-state index in [0.717, 1.165) is 22.4 Å². The van der Waals surface area contributed by atoms with E-state index in [1.54, 1.807) is 0 Å². The van der Waals surface area contributed by atoms with Crippen LogP contribution < -0.4 is 0 Å². The summed E-state index contributed by atoms with van der Waals surface area (Å²) >= 11 is 0. The van der Waals surface area contributed by atoms with Crippen molar-refractivity contribution in [2.75, 3.05) is 0 Å². The molecule has 0 aromatic heterocycles. The van der Waals surface area contributed by atoms with Gasteiger partial charge in [0.05, 0.1) is 5.71 Å². The second-order valence-electron chi connectivity index (χ2n) is 10.4. The van der Waals surface area contributed by atoms with Crippen LogP contribution in [0.5, 0.6) is 0 Å². The lowest BCUT2D eigenvalue weighted by Crippen LogP contribution is -2.33. The number of rotatable bonds is 6. The van der Waals surface area contributed by atoms with E-state index in [1.165, 1.54) is 5.56 Å². The SMILES string of the molecule is CC(C)(C)OC(=O)C(Cc1ccc(C(C)(C)C)cc1)N=C(c1ccccc1)c1ccccc1. The fourth-order valence-corrected chi connectivity index (χ4v) is 3.58. The molecule has 3 aromatic rings. The second kappa shape index (κ2) is 10.2. The highest BCUT2D eigenvalue weighted by Gasteiger charge is 2.26. The van der Waals surface area contributed by atoms with E-state index in [2.05, 4.69) is 45.0 Å². The zero-order valence-electron chi connectivity index (χ0n) is 20.6. The first-order valence-corrected chi connectivity index (χ1v) is 11.5. The van der Waals surface area contributed by atoms with E-state index in [0.29, 0.717) is 6.42 Å². The average Bonchev–Trinajstić information content (AvgIpc) is 2.76. The third-order valence-corrected chi connectivity index (χ3v) is 5.31. The van der Waals surface area contributed by atoms with Crippen LogP contribution in [0.1, 0.15) is 63.8 Å². The van der Waals surface area contributed by atoms with Crippen molar-refractivity contribution in [3.8, 4) is 0 Å². The Hall–Kier alpha value is -3.20. The maximum Gasteiger partial charge on any atom is 0.331 e. The van der Waals surface area contributed by atoms with Gasteiger partial charge in [-0.05, 0) is 37.3 Å². The molecule has 0 radical (unpaired) electrons. The summed E-state index contributed by atoms with van der Waals surface area (Å²) in [6.07, 6.45) is 0.475. The molecule has 0 spiro atoms. The second-order valence-corrected chi connectivity index (χ2v) is 10.4. The summed E-state index contributed by atoms with van der Waals surface area (Å²) in [6, 6.07) is 27.8. The van der Waals surface area contributed by atoms with Crippen LogP contribution in [-0.4, -0.2) is 23.3 Å². The maximum atomic E-state index is 13.3. The van der Waals surface area contributed by atoms with Gasteiger partial charge in [0.25, 0.3) is 0 Å². The average molecular weight is 442 g/mol. The van der Waals surface area contributed by atoms with Crippen LogP contribution in [0.4, 0.5) is 0 Å². The number of hydrogen-bond donors (Lipinski definition) is 0. The van der Waals surface area contributed by atoms with Crippen LogP contribution in [0.25, 0.3) is 0 Å². The Morgan fingerprint density at radius 1 is 0.758 bits per heavy atom. The molecule has 172 valence electrons. The number of esters is 1. The summed E-state index contributed by atoms with van der Waals surface area (Å²) in [6.45, 7) is 12.3. The molecule has 0 amide bonds. The number of carbonyl (C=O) groups excluding carboxylic acids is 1. The summed E-state index contributed by atoms with van der Waals surface area (Å²) in [4.78, 5) is 18.3. The molecule has 0 bridgehead atoms. The Labute approximate surface area is 198 Å². The molecule has 0 saturated heterocycles. The molecule has 3 heteroatoms. The van der Waals surface area contributed by atoms with Gasteiger partial charge in [0.15, 0.2) is 6.04 Å². The standard InChI is InChI=1S/C30H35NO2/c1-29(2,3)25-19-17-22(18-20-25)21-26(28(32)33-30(4,5)6)31-27(23-13-9-7-10-14-23)24-15-11-8-12-16-24/h7-20,26H,21H2,1-6H3. The van der Waals surface area contributed by atoms with Gasteiger partial charge in [-0.15, -0.1) is 0 Å². The molecular weight excluding hydrogens is 406 g/mol. The molecule has 0 saturated carbocycles. The monoisotopic (exact) mass is 441 g/mol. The van der Waals surface area contributed by atoms with Crippen molar-refractivity contribution in [3.05, 3.63) is 107 Å². The smallest absolute Gasteiger partial charge is 0.331 e. The van der Waals surface area contributed by atoms with Gasteiger partial charge in [-0.3, -0.25) is 4.99 Å². The lowest BCUT2D eigenvalue weighted by Gasteiger charge is -2.23. The van der Waals surface area contributed by atoms with Gasteiger partial charge in [0, 0.05) is 17.5 Å². The molecular formula is C30H35NO2. The number of benzene rings is 3. The zero-order chi connectivity index (χ0) is 24.1. The fraction of sp³-hybridized carbons (Fsp3) is 0.333. The lowest BCUT2D eigenvalue weighted by molar-refractivity contribution is -0.156. The summed E-state index contributed by atoms with van der Waals surface area (Å²) in [5.74, 6) is -0.313. The van der Waals surface area contributed by atoms with Crippen LogP contribution >= 0.6 is 0 Å². The van der Waals surface area contributed by atoms with Gasteiger partial charge in [0.2, 0.25) is 0 Å². The highest BCUT2D eigenvalue weighted by atomic mass is 16.6. The Morgan fingerprint density at radius 2 is 1.24 bits per heavy atom.